The molecule has 2 aromatic rings. The van der Waals surface area contributed by atoms with Gasteiger partial charge in [-0.15, -0.1) is 0 Å². The Balaban J connectivity index is 1.40. The van der Waals surface area contributed by atoms with Crippen LogP contribution in [0, 0.1) is 0 Å². The molecule has 0 radical (unpaired) electrons. The summed E-state index contributed by atoms with van der Waals surface area (Å²) in [6.07, 6.45) is 13.0. The summed E-state index contributed by atoms with van der Waals surface area (Å²) in [6, 6.07) is 18.5. The summed E-state index contributed by atoms with van der Waals surface area (Å²) in [5, 5.41) is 9.43. The second kappa shape index (κ2) is 10.9. The molecule has 0 aromatic heterocycles. The van der Waals surface area contributed by atoms with Crippen molar-refractivity contribution < 1.29 is 5.11 Å². The Morgan fingerprint density at radius 1 is 0.522 bits per heavy atom. The van der Waals surface area contributed by atoms with Crippen molar-refractivity contribution in [1.29, 1.82) is 0 Å². The van der Waals surface area contributed by atoms with E-state index in [4.69, 9.17) is 0 Å². The maximum Gasteiger partial charge on any atom is 0.115 e. The van der Waals surface area contributed by atoms with E-state index in [1.807, 2.05) is 12.1 Å². The highest BCUT2D eigenvalue weighted by molar-refractivity contribution is 5.27. The van der Waals surface area contributed by atoms with Gasteiger partial charge in [-0.3, -0.25) is 0 Å². The lowest BCUT2D eigenvalue weighted by atomic mass is 10.0. The van der Waals surface area contributed by atoms with Crippen LogP contribution in [0.25, 0.3) is 0 Å². The fourth-order valence-electron chi connectivity index (χ4n) is 3.08. The number of unbranched alkanes of at least 4 members (excludes halogenated alkanes) is 7. The summed E-state index contributed by atoms with van der Waals surface area (Å²) in [5.74, 6) is 0.387. The third-order valence-corrected chi connectivity index (χ3v) is 4.43. The molecule has 0 saturated heterocycles. The van der Waals surface area contributed by atoms with E-state index < -0.39 is 0 Å². The van der Waals surface area contributed by atoms with Crippen molar-refractivity contribution in [2.24, 2.45) is 0 Å². The van der Waals surface area contributed by atoms with E-state index in [1.165, 1.54) is 68.9 Å². The van der Waals surface area contributed by atoms with Crippen LogP contribution >= 0.6 is 0 Å². The van der Waals surface area contributed by atoms with E-state index in [2.05, 4.69) is 36.4 Å². The van der Waals surface area contributed by atoms with Crippen LogP contribution in [0.5, 0.6) is 5.75 Å². The van der Waals surface area contributed by atoms with Gasteiger partial charge in [0.25, 0.3) is 0 Å². The Kier molecular flexibility index (Phi) is 8.32. The molecule has 0 bridgehead atoms. The average molecular weight is 310 g/mol. The number of aryl methyl sites for hydroxylation is 2. The van der Waals surface area contributed by atoms with Crippen LogP contribution in [-0.2, 0) is 12.8 Å². The van der Waals surface area contributed by atoms with Gasteiger partial charge in [0.15, 0.2) is 0 Å². The maximum absolute atomic E-state index is 9.43. The van der Waals surface area contributed by atoms with Gasteiger partial charge in [0.05, 0.1) is 0 Å². The predicted octanol–water partition coefficient (Wildman–Crippen LogP) is 6.30. The summed E-state index contributed by atoms with van der Waals surface area (Å²) < 4.78 is 0. The second-order valence-electron chi connectivity index (χ2n) is 6.48. The number of hydrogen-bond donors (Lipinski definition) is 1. The molecule has 0 unspecified atom stereocenters. The van der Waals surface area contributed by atoms with Crippen molar-refractivity contribution >= 4 is 0 Å². The van der Waals surface area contributed by atoms with Crippen LogP contribution in [0.2, 0.25) is 0 Å². The van der Waals surface area contributed by atoms with E-state index in [9.17, 15) is 5.11 Å². The topological polar surface area (TPSA) is 20.2 Å². The predicted molar refractivity (Wildman–Crippen MR) is 98.9 cm³/mol. The van der Waals surface area contributed by atoms with Gasteiger partial charge in [-0.1, -0.05) is 81.0 Å². The molecular weight excluding hydrogens is 280 g/mol. The molecule has 0 amide bonds. The zero-order valence-electron chi connectivity index (χ0n) is 14.2. The lowest BCUT2D eigenvalue weighted by Gasteiger charge is -2.04. The van der Waals surface area contributed by atoms with E-state index >= 15 is 0 Å². The molecule has 0 atom stereocenters. The first-order chi connectivity index (χ1) is 11.3. The Bertz CT molecular complexity index is 533. The highest BCUT2D eigenvalue weighted by atomic mass is 16.3. The summed E-state index contributed by atoms with van der Waals surface area (Å²) in [4.78, 5) is 0. The SMILES string of the molecule is Oc1cccc(CCCCCCCCCCc2ccccc2)c1. The van der Waals surface area contributed by atoms with Gasteiger partial charge in [0, 0.05) is 0 Å². The number of rotatable bonds is 11. The van der Waals surface area contributed by atoms with Gasteiger partial charge in [-0.05, 0) is 48.9 Å². The molecule has 2 aromatic carbocycles. The minimum absolute atomic E-state index is 0.387. The van der Waals surface area contributed by atoms with Crippen molar-refractivity contribution in [2.45, 2.75) is 64.2 Å². The number of phenols is 1. The fourth-order valence-corrected chi connectivity index (χ4v) is 3.08. The molecule has 2 rings (SSSR count). The smallest absolute Gasteiger partial charge is 0.115 e. The van der Waals surface area contributed by atoms with Crippen molar-refractivity contribution in [3.05, 3.63) is 65.7 Å². The lowest BCUT2D eigenvalue weighted by molar-refractivity contribution is 0.474. The number of aromatic hydroxyl groups is 1. The minimum atomic E-state index is 0.387. The highest BCUT2D eigenvalue weighted by Crippen LogP contribution is 2.15. The molecule has 0 saturated carbocycles. The summed E-state index contributed by atoms with van der Waals surface area (Å²) in [5.41, 5.74) is 2.73. The first kappa shape index (κ1) is 17.6. The molecule has 0 heterocycles. The highest BCUT2D eigenvalue weighted by Gasteiger charge is 1.97. The summed E-state index contributed by atoms with van der Waals surface area (Å²) >= 11 is 0. The van der Waals surface area contributed by atoms with Crippen molar-refractivity contribution in [3.8, 4) is 5.75 Å². The lowest BCUT2D eigenvalue weighted by Crippen LogP contribution is -1.87. The van der Waals surface area contributed by atoms with Crippen LogP contribution < -0.4 is 0 Å². The largest absolute Gasteiger partial charge is 0.508 e. The molecule has 1 nitrogen and oxygen atoms in total. The van der Waals surface area contributed by atoms with E-state index in [1.54, 1.807) is 6.07 Å². The first-order valence-electron chi connectivity index (χ1n) is 9.16. The van der Waals surface area contributed by atoms with E-state index in [0.717, 1.165) is 6.42 Å². The van der Waals surface area contributed by atoms with Crippen molar-refractivity contribution in [2.75, 3.05) is 0 Å². The van der Waals surface area contributed by atoms with Gasteiger partial charge in [0.1, 0.15) is 5.75 Å². The van der Waals surface area contributed by atoms with Crippen LogP contribution in [0.15, 0.2) is 54.6 Å². The van der Waals surface area contributed by atoms with Crippen molar-refractivity contribution in [1.82, 2.24) is 0 Å². The monoisotopic (exact) mass is 310 g/mol. The Labute approximate surface area is 141 Å². The third-order valence-electron chi connectivity index (χ3n) is 4.43. The molecule has 0 aliphatic heterocycles. The molecule has 1 N–H and O–H groups in total. The first-order valence-corrected chi connectivity index (χ1v) is 9.16. The molecule has 0 spiro atoms. The number of benzene rings is 2. The third kappa shape index (κ3) is 7.88. The normalized spacial score (nSPS) is 10.8. The number of phenolic OH excluding ortho intramolecular Hbond substituents is 1. The maximum atomic E-state index is 9.43. The van der Waals surface area contributed by atoms with E-state index in [0.29, 0.717) is 5.75 Å². The van der Waals surface area contributed by atoms with Gasteiger partial charge >= 0.3 is 0 Å². The van der Waals surface area contributed by atoms with Crippen molar-refractivity contribution in [3.63, 3.8) is 0 Å². The summed E-state index contributed by atoms with van der Waals surface area (Å²) in [7, 11) is 0. The molecule has 1 heteroatoms. The molecule has 23 heavy (non-hydrogen) atoms. The minimum Gasteiger partial charge on any atom is -0.508 e. The van der Waals surface area contributed by atoms with Gasteiger partial charge in [0.2, 0.25) is 0 Å². The summed E-state index contributed by atoms with van der Waals surface area (Å²) in [6.45, 7) is 0. The van der Waals surface area contributed by atoms with Gasteiger partial charge < -0.3 is 5.11 Å². The Morgan fingerprint density at radius 3 is 1.65 bits per heavy atom. The molecule has 0 aliphatic carbocycles. The van der Waals surface area contributed by atoms with Crippen LogP contribution in [0.1, 0.15) is 62.5 Å². The van der Waals surface area contributed by atoms with Gasteiger partial charge in [-0.25, -0.2) is 0 Å². The zero-order chi connectivity index (χ0) is 16.2. The molecular formula is C22H30O. The zero-order valence-corrected chi connectivity index (χ0v) is 14.2. The van der Waals surface area contributed by atoms with Gasteiger partial charge in [-0.2, -0.15) is 0 Å². The molecule has 124 valence electrons. The van der Waals surface area contributed by atoms with E-state index in [-0.39, 0.29) is 0 Å². The number of hydrogen-bond acceptors (Lipinski definition) is 1. The Hall–Kier alpha value is -1.76. The Morgan fingerprint density at radius 2 is 1.04 bits per heavy atom. The fraction of sp³-hybridized carbons (Fsp3) is 0.455. The quantitative estimate of drug-likeness (QED) is 0.483. The van der Waals surface area contributed by atoms with Crippen LogP contribution in [-0.4, -0.2) is 5.11 Å². The van der Waals surface area contributed by atoms with Crippen LogP contribution in [0.4, 0.5) is 0 Å². The van der Waals surface area contributed by atoms with Crippen LogP contribution in [0.3, 0.4) is 0 Å². The molecule has 0 aliphatic rings. The standard InChI is InChI=1S/C22H30O/c23-22-18-12-17-21(19-22)16-9-6-4-2-1-3-5-8-13-20-14-10-7-11-15-20/h7,10-12,14-15,17-19,23H,1-6,8-9,13,16H2. The second-order valence-corrected chi connectivity index (χ2v) is 6.48. The molecule has 0 fully saturated rings. The average Bonchev–Trinajstić information content (AvgIpc) is 2.57.